The number of aliphatic hydroxyl groups is 1. The van der Waals surface area contributed by atoms with Gasteiger partial charge in [0.1, 0.15) is 0 Å². The minimum Gasteiger partial charge on any atom is -0.396 e. The van der Waals surface area contributed by atoms with Gasteiger partial charge in [-0.3, -0.25) is 0 Å². The summed E-state index contributed by atoms with van der Waals surface area (Å²) in [4.78, 5) is 2.58. The quantitative estimate of drug-likeness (QED) is 0.881. The lowest BCUT2D eigenvalue weighted by Gasteiger charge is -2.23. The molecule has 0 unspecified atom stereocenters. The summed E-state index contributed by atoms with van der Waals surface area (Å²) in [5.74, 6) is 0.914. The lowest BCUT2D eigenvalue weighted by atomic mass is 10.1. The van der Waals surface area contributed by atoms with E-state index in [1.807, 2.05) is 0 Å². The van der Waals surface area contributed by atoms with Crippen molar-refractivity contribution in [1.82, 2.24) is 0 Å². The van der Waals surface area contributed by atoms with Crippen molar-refractivity contribution in [1.29, 1.82) is 0 Å². The van der Waals surface area contributed by atoms with E-state index in [0.717, 1.165) is 12.3 Å². The molecule has 1 heterocycles. The maximum atomic E-state index is 9.05. The molecule has 3 rings (SSSR count). The van der Waals surface area contributed by atoms with E-state index in [1.165, 1.54) is 62.0 Å². The Kier molecular flexibility index (Phi) is 3.55. The second-order valence-corrected chi connectivity index (χ2v) is 5.78. The van der Waals surface area contributed by atoms with Crippen LogP contribution in [0.5, 0.6) is 0 Å². The molecule has 0 aromatic heterocycles. The van der Waals surface area contributed by atoms with Crippen LogP contribution in [0.25, 0.3) is 0 Å². The largest absolute Gasteiger partial charge is 0.396 e. The summed E-state index contributed by atoms with van der Waals surface area (Å²) >= 11 is 0. The third-order valence-electron chi connectivity index (χ3n) is 4.50. The molecule has 0 spiro atoms. The van der Waals surface area contributed by atoms with Crippen LogP contribution in [0.4, 0.5) is 5.69 Å². The van der Waals surface area contributed by atoms with E-state index >= 15 is 0 Å². The molecule has 0 bridgehead atoms. The van der Waals surface area contributed by atoms with E-state index in [0.29, 0.717) is 0 Å². The fourth-order valence-corrected chi connectivity index (χ4v) is 3.47. The Balaban J connectivity index is 1.74. The van der Waals surface area contributed by atoms with Crippen molar-refractivity contribution in [2.75, 3.05) is 24.6 Å². The second kappa shape index (κ2) is 5.31. The van der Waals surface area contributed by atoms with Crippen LogP contribution in [0.1, 0.15) is 36.8 Å². The highest BCUT2D eigenvalue weighted by Gasteiger charge is 2.24. The molecule has 2 heteroatoms. The molecule has 18 heavy (non-hydrogen) atoms. The zero-order chi connectivity index (χ0) is 12.4. The van der Waals surface area contributed by atoms with Crippen molar-refractivity contribution in [2.45, 2.75) is 38.5 Å². The smallest absolute Gasteiger partial charge is 0.0471 e. The molecule has 98 valence electrons. The maximum Gasteiger partial charge on any atom is 0.0471 e. The van der Waals surface area contributed by atoms with E-state index in [2.05, 4.69) is 23.1 Å². The third-order valence-corrected chi connectivity index (χ3v) is 4.50. The van der Waals surface area contributed by atoms with Crippen LogP contribution in [-0.2, 0) is 12.8 Å². The van der Waals surface area contributed by atoms with E-state index in [9.17, 15) is 0 Å². The molecule has 0 atom stereocenters. The van der Waals surface area contributed by atoms with Crippen molar-refractivity contribution < 1.29 is 5.11 Å². The van der Waals surface area contributed by atoms with Crippen LogP contribution in [0.15, 0.2) is 18.2 Å². The number of rotatable bonds is 4. The molecule has 1 aromatic carbocycles. The third kappa shape index (κ3) is 2.39. The standard InChI is InChI=1S/C16H23NO/c18-10-8-13-5-6-15-7-9-17(16(15)11-13)12-14-3-1-2-4-14/h5-6,11,14,18H,1-4,7-10,12H2. The maximum absolute atomic E-state index is 9.05. The van der Waals surface area contributed by atoms with Gasteiger partial charge in [0.15, 0.2) is 0 Å². The Morgan fingerprint density at radius 1 is 1.22 bits per heavy atom. The van der Waals surface area contributed by atoms with Crippen LogP contribution in [0.2, 0.25) is 0 Å². The number of benzene rings is 1. The number of nitrogens with zero attached hydrogens (tertiary/aromatic N) is 1. The zero-order valence-corrected chi connectivity index (χ0v) is 11.1. The van der Waals surface area contributed by atoms with Gasteiger partial charge >= 0.3 is 0 Å². The molecule has 0 saturated heterocycles. The first kappa shape index (κ1) is 12.0. The summed E-state index contributed by atoms with van der Waals surface area (Å²) < 4.78 is 0. The molecule has 0 amide bonds. The first-order chi connectivity index (χ1) is 8.86. The fraction of sp³-hybridized carbons (Fsp3) is 0.625. The van der Waals surface area contributed by atoms with Gasteiger partial charge in [0.2, 0.25) is 0 Å². The van der Waals surface area contributed by atoms with Gasteiger partial charge in [-0.2, -0.15) is 0 Å². The first-order valence-electron chi connectivity index (χ1n) is 7.34. The SMILES string of the molecule is OCCc1ccc2c(c1)N(CC1CCCC1)CC2. The normalized spacial score (nSPS) is 19.5. The summed E-state index contributed by atoms with van der Waals surface area (Å²) in [6.07, 6.45) is 7.67. The van der Waals surface area contributed by atoms with Gasteiger partial charge in [-0.1, -0.05) is 25.0 Å². The topological polar surface area (TPSA) is 23.5 Å². The van der Waals surface area contributed by atoms with E-state index in [-0.39, 0.29) is 6.61 Å². The van der Waals surface area contributed by atoms with Crippen LogP contribution >= 0.6 is 0 Å². The van der Waals surface area contributed by atoms with E-state index < -0.39 is 0 Å². The number of anilines is 1. The van der Waals surface area contributed by atoms with Crippen LogP contribution in [0.3, 0.4) is 0 Å². The fourth-order valence-electron chi connectivity index (χ4n) is 3.47. The summed E-state index contributed by atoms with van der Waals surface area (Å²) in [5, 5.41) is 9.05. The average Bonchev–Trinajstić information content (AvgIpc) is 3.01. The van der Waals surface area contributed by atoms with Gasteiger partial charge < -0.3 is 10.0 Å². The first-order valence-corrected chi connectivity index (χ1v) is 7.34. The minimum absolute atomic E-state index is 0.251. The Bertz CT molecular complexity index is 410. The Morgan fingerprint density at radius 2 is 2.06 bits per heavy atom. The van der Waals surface area contributed by atoms with Gasteiger partial charge in [-0.05, 0) is 48.8 Å². The number of hydrogen-bond acceptors (Lipinski definition) is 2. The van der Waals surface area contributed by atoms with Crippen molar-refractivity contribution in [3.63, 3.8) is 0 Å². The monoisotopic (exact) mass is 245 g/mol. The summed E-state index contributed by atoms with van der Waals surface area (Å²) in [7, 11) is 0. The average molecular weight is 245 g/mol. The Morgan fingerprint density at radius 3 is 2.83 bits per heavy atom. The van der Waals surface area contributed by atoms with Gasteiger partial charge in [-0.25, -0.2) is 0 Å². The van der Waals surface area contributed by atoms with Crippen LogP contribution < -0.4 is 4.90 Å². The summed E-state index contributed by atoms with van der Waals surface area (Å²) in [6, 6.07) is 6.73. The highest BCUT2D eigenvalue weighted by Crippen LogP contribution is 2.33. The van der Waals surface area contributed by atoms with E-state index in [4.69, 9.17) is 5.11 Å². The molecule has 1 N–H and O–H groups in total. The van der Waals surface area contributed by atoms with Crippen LogP contribution in [0, 0.1) is 5.92 Å². The highest BCUT2D eigenvalue weighted by atomic mass is 16.2. The van der Waals surface area contributed by atoms with Gasteiger partial charge in [-0.15, -0.1) is 0 Å². The molecule has 1 fully saturated rings. The van der Waals surface area contributed by atoms with Gasteiger partial charge in [0, 0.05) is 25.4 Å². The molecular formula is C16H23NO. The van der Waals surface area contributed by atoms with Crippen molar-refractivity contribution in [2.24, 2.45) is 5.92 Å². The van der Waals surface area contributed by atoms with Gasteiger partial charge in [0.05, 0.1) is 0 Å². The van der Waals surface area contributed by atoms with Crippen molar-refractivity contribution >= 4 is 5.69 Å². The number of fused-ring (bicyclic) bond motifs is 1. The Hall–Kier alpha value is -1.02. The number of hydrogen-bond donors (Lipinski definition) is 1. The predicted molar refractivity (Wildman–Crippen MR) is 75.1 cm³/mol. The minimum atomic E-state index is 0.251. The van der Waals surface area contributed by atoms with Crippen LogP contribution in [-0.4, -0.2) is 24.8 Å². The van der Waals surface area contributed by atoms with Crippen molar-refractivity contribution in [3.05, 3.63) is 29.3 Å². The molecule has 1 saturated carbocycles. The molecule has 1 aromatic rings. The summed E-state index contributed by atoms with van der Waals surface area (Å²) in [5.41, 5.74) is 4.21. The molecule has 2 nitrogen and oxygen atoms in total. The zero-order valence-electron chi connectivity index (χ0n) is 11.1. The molecule has 1 aliphatic carbocycles. The number of aliphatic hydroxyl groups excluding tert-OH is 1. The van der Waals surface area contributed by atoms with E-state index in [1.54, 1.807) is 0 Å². The molecular weight excluding hydrogens is 222 g/mol. The van der Waals surface area contributed by atoms with Gasteiger partial charge in [0.25, 0.3) is 0 Å². The lowest BCUT2D eigenvalue weighted by molar-refractivity contribution is 0.299. The van der Waals surface area contributed by atoms with Crippen molar-refractivity contribution in [3.8, 4) is 0 Å². The summed E-state index contributed by atoms with van der Waals surface area (Å²) in [6.45, 7) is 2.69. The highest BCUT2D eigenvalue weighted by molar-refractivity contribution is 5.59. The second-order valence-electron chi connectivity index (χ2n) is 5.78. The predicted octanol–water partition coefficient (Wildman–Crippen LogP) is 2.77. The lowest BCUT2D eigenvalue weighted by Crippen LogP contribution is -2.26. The molecule has 2 aliphatic rings. The Labute approximate surface area is 110 Å². The molecule has 0 radical (unpaired) electrons. The molecule has 1 aliphatic heterocycles.